The number of alkyl halides is 3. The maximum absolute atomic E-state index is 13.0. The first-order valence-corrected chi connectivity index (χ1v) is 9.91. The predicted molar refractivity (Wildman–Crippen MR) is 112 cm³/mol. The number of amides is 1. The van der Waals surface area contributed by atoms with Crippen LogP contribution >= 0.6 is 0 Å². The molecule has 3 aromatic heterocycles. The van der Waals surface area contributed by atoms with Gasteiger partial charge in [0.05, 0.1) is 24.6 Å². The Labute approximate surface area is 185 Å². The molecule has 0 aliphatic heterocycles. The first kappa shape index (κ1) is 22.1. The van der Waals surface area contributed by atoms with Crippen molar-refractivity contribution in [2.75, 3.05) is 13.7 Å². The molecule has 0 atom stereocenters. The summed E-state index contributed by atoms with van der Waals surface area (Å²) in [4.78, 5) is 24.8. The first-order valence-electron chi connectivity index (χ1n) is 9.91. The lowest BCUT2D eigenvalue weighted by Gasteiger charge is -2.08. The zero-order valence-corrected chi connectivity index (χ0v) is 17.4. The highest BCUT2D eigenvalue weighted by atomic mass is 19.4. The van der Waals surface area contributed by atoms with Gasteiger partial charge in [-0.15, -0.1) is 5.10 Å². The van der Waals surface area contributed by atoms with E-state index >= 15 is 0 Å². The fourth-order valence-electron chi connectivity index (χ4n) is 3.25. The summed E-state index contributed by atoms with van der Waals surface area (Å²) in [6, 6.07) is 9.80. The number of carbonyl (C=O) groups excluding carboxylic acids is 1. The van der Waals surface area contributed by atoms with E-state index < -0.39 is 17.6 Å². The van der Waals surface area contributed by atoms with Crippen molar-refractivity contribution in [2.45, 2.75) is 19.1 Å². The summed E-state index contributed by atoms with van der Waals surface area (Å²) in [7, 11) is 1.33. The number of nitrogens with zero attached hydrogens (tertiary/aromatic N) is 5. The van der Waals surface area contributed by atoms with Crippen LogP contribution in [0.25, 0.3) is 11.3 Å². The van der Waals surface area contributed by atoms with Crippen molar-refractivity contribution < 1.29 is 22.7 Å². The quantitative estimate of drug-likeness (QED) is 0.428. The molecule has 0 radical (unpaired) electrons. The number of benzene rings is 1. The van der Waals surface area contributed by atoms with Gasteiger partial charge >= 0.3 is 11.9 Å². The van der Waals surface area contributed by atoms with Crippen LogP contribution in [0.15, 0.2) is 59.7 Å². The Morgan fingerprint density at radius 3 is 2.70 bits per heavy atom. The minimum Gasteiger partial charge on any atom is -0.493 e. The van der Waals surface area contributed by atoms with E-state index in [4.69, 9.17) is 4.74 Å². The van der Waals surface area contributed by atoms with Gasteiger partial charge in [-0.2, -0.15) is 18.3 Å². The zero-order chi connectivity index (χ0) is 23.6. The van der Waals surface area contributed by atoms with E-state index in [0.29, 0.717) is 12.1 Å². The van der Waals surface area contributed by atoms with Crippen LogP contribution in [0, 0.1) is 0 Å². The Morgan fingerprint density at radius 2 is 1.97 bits per heavy atom. The molecule has 1 N–H and O–H groups in total. The van der Waals surface area contributed by atoms with Crippen LogP contribution in [0.3, 0.4) is 0 Å². The lowest BCUT2D eigenvalue weighted by atomic mass is 10.2. The minimum absolute atomic E-state index is 0.0696. The van der Waals surface area contributed by atoms with Crippen molar-refractivity contribution in [1.29, 1.82) is 0 Å². The van der Waals surface area contributed by atoms with Gasteiger partial charge in [0.1, 0.15) is 0 Å². The lowest BCUT2D eigenvalue weighted by Crippen LogP contribution is -2.28. The summed E-state index contributed by atoms with van der Waals surface area (Å²) >= 11 is 0. The Hall–Kier alpha value is -4.09. The third kappa shape index (κ3) is 4.59. The second kappa shape index (κ2) is 8.81. The summed E-state index contributed by atoms with van der Waals surface area (Å²) in [6.07, 6.45) is -1.13. The average molecular weight is 460 g/mol. The topological polar surface area (TPSA) is 95.4 Å². The van der Waals surface area contributed by atoms with Gasteiger partial charge in [-0.25, -0.2) is 14.2 Å². The number of aryl methyl sites for hydroxylation is 1. The van der Waals surface area contributed by atoms with Gasteiger partial charge in [0.25, 0.3) is 5.91 Å². The maximum Gasteiger partial charge on any atom is 0.416 e. The number of pyridine rings is 1. The molecule has 1 aromatic carbocycles. The molecule has 12 heteroatoms. The molecule has 0 spiro atoms. The van der Waals surface area contributed by atoms with Crippen LogP contribution in [-0.4, -0.2) is 43.5 Å². The van der Waals surface area contributed by atoms with Gasteiger partial charge < -0.3 is 10.1 Å². The second-order valence-corrected chi connectivity index (χ2v) is 7.08. The third-order valence-corrected chi connectivity index (χ3v) is 4.87. The van der Waals surface area contributed by atoms with E-state index in [1.165, 1.54) is 34.5 Å². The molecule has 0 saturated heterocycles. The Kier molecular flexibility index (Phi) is 5.90. The molecular weight excluding hydrogens is 441 g/mol. The van der Waals surface area contributed by atoms with E-state index in [-0.39, 0.29) is 35.9 Å². The lowest BCUT2D eigenvalue weighted by molar-refractivity contribution is -0.137. The summed E-state index contributed by atoms with van der Waals surface area (Å²) < 4.78 is 48.0. The van der Waals surface area contributed by atoms with E-state index in [1.807, 2.05) is 0 Å². The highest BCUT2D eigenvalue weighted by Crippen LogP contribution is 2.30. The number of rotatable bonds is 7. The van der Waals surface area contributed by atoms with E-state index in [2.05, 4.69) is 15.5 Å². The molecule has 9 nitrogen and oxygen atoms in total. The summed E-state index contributed by atoms with van der Waals surface area (Å²) in [6.45, 7) is 0.509. The zero-order valence-electron chi connectivity index (χ0n) is 17.4. The molecule has 0 fully saturated rings. The number of aromatic nitrogens is 5. The molecule has 0 saturated carbocycles. The number of methoxy groups -OCH3 is 1. The van der Waals surface area contributed by atoms with Crippen molar-refractivity contribution in [3.63, 3.8) is 0 Å². The molecular formula is C21H19F3N6O3. The molecule has 0 aliphatic carbocycles. The number of ether oxygens (including phenoxy) is 1. The van der Waals surface area contributed by atoms with E-state index in [0.717, 1.165) is 16.8 Å². The van der Waals surface area contributed by atoms with Gasteiger partial charge in [-0.1, -0.05) is 12.1 Å². The number of hydrogen-bond acceptors (Lipinski definition) is 5. The molecule has 0 unspecified atom stereocenters. The average Bonchev–Trinajstić information content (AvgIpc) is 3.38. The van der Waals surface area contributed by atoms with Crippen molar-refractivity contribution in [2.24, 2.45) is 0 Å². The number of nitrogens with one attached hydrogen (secondary N) is 1. The summed E-state index contributed by atoms with van der Waals surface area (Å²) in [5.74, 6) is -0.443. The van der Waals surface area contributed by atoms with Gasteiger partial charge in [0.15, 0.2) is 17.1 Å². The van der Waals surface area contributed by atoms with Gasteiger partial charge in [-0.3, -0.25) is 9.20 Å². The number of fused-ring (bicyclic) bond motifs is 1. The normalized spacial score (nSPS) is 11.6. The highest BCUT2D eigenvalue weighted by Gasteiger charge is 2.30. The van der Waals surface area contributed by atoms with Gasteiger partial charge in [0.2, 0.25) is 0 Å². The largest absolute Gasteiger partial charge is 0.493 e. The van der Waals surface area contributed by atoms with Crippen molar-refractivity contribution in [3.05, 3.63) is 76.6 Å². The molecule has 1 amide bonds. The second-order valence-electron chi connectivity index (χ2n) is 7.08. The molecule has 33 heavy (non-hydrogen) atoms. The maximum atomic E-state index is 13.0. The Morgan fingerprint density at radius 1 is 1.15 bits per heavy atom. The highest BCUT2D eigenvalue weighted by molar-refractivity contribution is 5.94. The molecule has 4 aromatic rings. The van der Waals surface area contributed by atoms with Crippen LogP contribution in [0.5, 0.6) is 5.75 Å². The molecule has 4 rings (SSSR count). The summed E-state index contributed by atoms with van der Waals surface area (Å²) in [5.41, 5.74) is -0.523. The van der Waals surface area contributed by atoms with Crippen LogP contribution in [0.2, 0.25) is 0 Å². The third-order valence-electron chi connectivity index (χ3n) is 4.87. The SMILES string of the molecule is COc1cn(-c2cccc(C(F)(F)F)c2)nc1C(=O)NCCCn1nc2ccccn2c1=O. The van der Waals surface area contributed by atoms with Gasteiger partial charge in [-0.05, 0) is 36.8 Å². The number of halogens is 3. The fraction of sp³-hybridized carbons (Fsp3) is 0.238. The fourth-order valence-corrected chi connectivity index (χ4v) is 3.25. The number of carbonyl (C=O) groups is 1. The molecule has 172 valence electrons. The predicted octanol–water partition coefficient (Wildman–Crippen LogP) is 2.53. The smallest absolute Gasteiger partial charge is 0.416 e. The molecule has 0 bridgehead atoms. The molecule has 3 heterocycles. The van der Waals surface area contributed by atoms with Gasteiger partial charge in [0, 0.05) is 19.3 Å². The minimum atomic E-state index is -4.50. The monoisotopic (exact) mass is 460 g/mol. The van der Waals surface area contributed by atoms with Crippen LogP contribution in [0.1, 0.15) is 22.5 Å². The molecule has 0 aliphatic rings. The van der Waals surface area contributed by atoms with Crippen molar-refractivity contribution >= 4 is 11.6 Å². The van der Waals surface area contributed by atoms with E-state index in [1.54, 1.807) is 24.4 Å². The Balaban J connectivity index is 1.42. The Bertz CT molecular complexity index is 1360. The summed E-state index contributed by atoms with van der Waals surface area (Å²) in [5, 5.41) is 11.0. The van der Waals surface area contributed by atoms with Crippen molar-refractivity contribution in [1.82, 2.24) is 29.3 Å². The van der Waals surface area contributed by atoms with Crippen molar-refractivity contribution in [3.8, 4) is 11.4 Å². The van der Waals surface area contributed by atoms with Crippen LogP contribution < -0.4 is 15.7 Å². The number of hydrogen-bond donors (Lipinski definition) is 1. The standard InChI is InChI=1S/C21H19F3N6O3/c1-33-16-13-30(15-7-4-6-14(12-15)21(22,23)24)27-18(16)19(31)25-9-5-11-29-20(32)28-10-3-2-8-17(28)26-29/h2-4,6-8,10,12-13H,5,9,11H2,1H3,(H,25,31). The van der Waals surface area contributed by atoms with Crippen LogP contribution in [0.4, 0.5) is 13.2 Å². The van der Waals surface area contributed by atoms with Crippen LogP contribution in [-0.2, 0) is 12.7 Å². The first-order chi connectivity index (χ1) is 15.8. The van der Waals surface area contributed by atoms with E-state index in [9.17, 15) is 22.8 Å².